The number of aromatic nitrogens is 2. The average Bonchev–Trinajstić information content (AvgIpc) is 2.61. The maximum absolute atomic E-state index is 13.0. The van der Waals surface area contributed by atoms with Crippen molar-refractivity contribution in [1.82, 2.24) is 24.7 Å². The van der Waals surface area contributed by atoms with E-state index in [0.717, 1.165) is 0 Å². The Bertz CT molecular complexity index is 741. The van der Waals surface area contributed by atoms with E-state index in [1.54, 1.807) is 38.9 Å². The summed E-state index contributed by atoms with van der Waals surface area (Å²) in [5.41, 5.74) is 8.88. The van der Waals surface area contributed by atoms with Gasteiger partial charge in [-0.1, -0.05) is 13.8 Å². The Hall–Kier alpha value is -1.29. The van der Waals surface area contributed by atoms with Crippen LogP contribution in [-0.2, 0) is 13.8 Å². The molecule has 1 unspecified atom stereocenters. The third kappa shape index (κ3) is 4.96. The van der Waals surface area contributed by atoms with Crippen LogP contribution in [0.15, 0.2) is 11.0 Å². The van der Waals surface area contributed by atoms with Crippen LogP contribution >= 0.6 is 7.52 Å². The molecule has 0 spiro atoms. The lowest BCUT2D eigenvalue weighted by atomic mass is 10.3. The molecule has 1 saturated heterocycles. The van der Waals surface area contributed by atoms with Gasteiger partial charge in [0, 0.05) is 24.0 Å². The first-order valence-electron chi connectivity index (χ1n) is 8.93. The fourth-order valence-corrected chi connectivity index (χ4v) is 4.78. The zero-order valence-electron chi connectivity index (χ0n) is 16.9. The fraction of sp³-hybridized carbons (Fsp3) is 0.750. The Morgan fingerprint density at radius 2 is 2.15 bits per heavy atom. The molecular formula is C16H31N6O4P. The number of hydrogen-bond donors (Lipinski definition) is 2. The molecule has 154 valence electrons. The maximum Gasteiger partial charge on any atom is 0.351 e. The van der Waals surface area contributed by atoms with Crippen molar-refractivity contribution in [3.05, 3.63) is 22.2 Å². The van der Waals surface area contributed by atoms with Gasteiger partial charge in [-0.25, -0.2) is 14.5 Å². The minimum Gasteiger partial charge on any atom is -0.383 e. The van der Waals surface area contributed by atoms with Crippen LogP contribution in [0.1, 0.15) is 25.6 Å². The Kier molecular flexibility index (Phi) is 7.18. The molecular weight excluding hydrogens is 371 g/mol. The van der Waals surface area contributed by atoms with E-state index in [1.165, 1.54) is 4.57 Å². The van der Waals surface area contributed by atoms with Crippen molar-refractivity contribution in [3.63, 3.8) is 0 Å². The van der Waals surface area contributed by atoms with Crippen LogP contribution in [0.25, 0.3) is 0 Å². The summed E-state index contributed by atoms with van der Waals surface area (Å²) in [5, 5.41) is 1.93. The molecule has 11 heteroatoms. The molecule has 10 nitrogen and oxygen atoms in total. The first kappa shape index (κ1) is 22.0. The topological polar surface area (TPSA) is 115 Å². The molecule has 0 bridgehead atoms. The average molecular weight is 402 g/mol. The van der Waals surface area contributed by atoms with E-state index in [4.69, 9.17) is 15.0 Å². The van der Waals surface area contributed by atoms with Crippen molar-refractivity contribution < 1.29 is 13.8 Å². The van der Waals surface area contributed by atoms with Gasteiger partial charge in [0.15, 0.2) is 6.23 Å². The molecule has 1 fully saturated rings. The number of rotatable bonds is 7. The number of ether oxygens (including phenoxy) is 1. The molecule has 1 aliphatic heterocycles. The van der Waals surface area contributed by atoms with Crippen LogP contribution in [0.2, 0.25) is 0 Å². The number of aryl methyl sites for hydroxylation is 1. The number of nitrogen functional groups attached to an aromatic ring is 1. The summed E-state index contributed by atoms with van der Waals surface area (Å²) in [6, 6.07) is 0. The van der Waals surface area contributed by atoms with Crippen LogP contribution in [0.5, 0.6) is 0 Å². The summed E-state index contributed by atoms with van der Waals surface area (Å²) < 4.78 is 28.0. The third-order valence-electron chi connectivity index (χ3n) is 4.61. The molecule has 27 heavy (non-hydrogen) atoms. The van der Waals surface area contributed by atoms with Crippen molar-refractivity contribution in [3.8, 4) is 0 Å². The molecule has 0 saturated carbocycles. The zero-order chi connectivity index (χ0) is 20.4. The van der Waals surface area contributed by atoms with E-state index in [9.17, 15) is 9.36 Å². The summed E-state index contributed by atoms with van der Waals surface area (Å²) >= 11 is 0. The number of nitrogens with one attached hydrogen (secondary N) is 1. The van der Waals surface area contributed by atoms with Gasteiger partial charge in [-0.05, 0) is 28.1 Å². The number of anilines is 1. The minimum atomic E-state index is -2.96. The number of nitrogens with zero attached hydrogens (tertiary/aromatic N) is 4. The highest BCUT2D eigenvalue weighted by atomic mass is 31.2. The molecule has 0 amide bonds. The Labute approximate surface area is 160 Å². The third-order valence-corrected chi connectivity index (χ3v) is 7.55. The fourth-order valence-electron chi connectivity index (χ4n) is 2.95. The van der Waals surface area contributed by atoms with E-state index in [1.807, 2.05) is 18.9 Å². The predicted octanol–water partition coefficient (Wildman–Crippen LogP) is 0.647. The van der Waals surface area contributed by atoms with Crippen LogP contribution < -0.4 is 16.8 Å². The molecule has 1 aliphatic rings. The van der Waals surface area contributed by atoms with Gasteiger partial charge < -0.3 is 15.0 Å². The van der Waals surface area contributed by atoms with E-state index >= 15 is 0 Å². The van der Waals surface area contributed by atoms with Gasteiger partial charge in [-0.3, -0.25) is 14.6 Å². The van der Waals surface area contributed by atoms with Crippen LogP contribution in [0.3, 0.4) is 0 Å². The van der Waals surface area contributed by atoms with E-state index in [2.05, 4.69) is 10.4 Å². The van der Waals surface area contributed by atoms with Crippen LogP contribution in [-0.4, -0.2) is 71.8 Å². The van der Waals surface area contributed by atoms with Crippen LogP contribution in [0, 0.1) is 6.92 Å². The first-order chi connectivity index (χ1) is 12.6. The first-order valence-corrected chi connectivity index (χ1v) is 10.6. The highest BCUT2D eigenvalue weighted by Crippen LogP contribution is 2.53. The van der Waals surface area contributed by atoms with Gasteiger partial charge in [-0.2, -0.15) is 4.98 Å². The van der Waals surface area contributed by atoms with Crippen molar-refractivity contribution >= 4 is 13.3 Å². The van der Waals surface area contributed by atoms with Gasteiger partial charge >= 0.3 is 5.69 Å². The number of hydrogen-bond acceptors (Lipinski definition) is 8. The molecule has 2 heterocycles. The standard InChI is InChI=1S/C16H31N6O4P/c1-11(2)27(24,20(5)6)25-10-13-8-21(18-4)9-14(26-13)22-7-12(3)15(17)19-16(22)23/h7,11,13-14,18H,8-10H2,1-6H3,(H2,17,19,23)/t13-,14+,27?/m0/s1. The molecule has 3 N–H and O–H groups in total. The lowest BCUT2D eigenvalue weighted by Gasteiger charge is -2.39. The molecule has 3 atom stereocenters. The lowest BCUT2D eigenvalue weighted by Crippen LogP contribution is -2.53. The van der Waals surface area contributed by atoms with Crippen LogP contribution in [0.4, 0.5) is 5.82 Å². The Morgan fingerprint density at radius 1 is 1.48 bits per heavy atom. The van der Waals surface area contributed by atoms with Gasteiger partial charge in [0.05, 0.1) is 19.3 Å². The zero-order valence-corrected chi connectivity index (χ0v) is 17.8. The number of hydrazine groups is 1. The van der Waals surface area contributed by atoms with Crippen molar-refractivity contribution in [2.75, 3.05) is 46.6 Å². The normalized spacial score (nSPS) is 23.7. The van der Waals surface area contributed by atoms with Gasteiger partial charge in [-0.15, -0.1) is 0 Å². The van der Waals surface area contributed by atoms with Gasteiger partial charge in [0.1, 0.15) is 5.82 Å². The number of morpholine rings is 1. The second-order valence-electron chi connectivity index (χ2n) is 7.14. The largest absolute Gasteiger partial charge is 0.383 e. The smallest absolute Gasteiger partial charge is 0.351 e. The van der Waals surface area contributed by atoms with Crippen molar-refractivity contribution in [2.24, 2.45) is 0 Å². The van der Waals surface area contributed by atoms with Crippen molar-refractivity contribution in [1.29, 1.82) is 0 Å². The molecule has 0 aromatic carbocycles. The second kappa shape index (κ2) is 8.81. The SMILES string of the molecule is CNN1C[C@@H](COP(=O)(C(C)C)N(C)C)O[C@@H](n2cc(C)c(N)nc2=O)C1. The number of nitrogens with two attached hydrogens (primary N) is 1. The molecule has 0 radical (unpaired) electrons. The highest BCUT2D eigenvalue weighted by molar-refractivity contribution is 7.57. The Balaban J connectivity index is 2.19. The quantitative estimate of drug-likeness (QED) is 0.634. The van der Waals surface area contributed by atoms with Gasteiger partial charge in [0.2, 0.25) is 0 Å². The summed E-state index contributed by atoms with van der Waals surface area (Å²) in [4.78, 5) is 16.1. The summed E-state index contributed by atoms with van der Waals surface area (Å²) in [6.07, 6.45) is 0.718. The molecule has 0 aliphatic carbocycles. The second-order valence-corrected chi connectivity index (χ2v) is 10.4. The highest BCUT2D eigenvalue weighted by Gasteiger charge is 2.35. The molecule has 1 aromatic rings. The van der Waals surface area contributed by atoms with Gasteiger partial charge in [0.25, 0.3) is 7.52 Å². The van der Waals surface area contributed by atoms with Crippen molar-refractivity contribution in [2.45, 2.75) is 38.8 Å². The predicted molar refractivity (Wildman–Crippen MR) is 105 cm³/mol. The monoisotopic (exact) mass is 402 g/mol. The maximum atomic E-state index is 13.0. The molecule has 2 rings (SSSR count). The minimum absolute atomic E-state index is 0.140. The molecule has 1 aromatic heterocycles. The van der Waals surface area contributed by atoms with E-state index in [-0.39, 0.29) is 24.2 Å². The van der Waals surface area contributed by atoms with E-state index in [0.29, 0.717) is 18.7 Å². The summed E-state index contributed by atoms with van der Waals surface area (Å²) in [7, 11) is 2.33. The van der Waals surface area contributed by atoms with E-state index < -0.39 is 19.4 Å². The Morgan fingerprint density at radius 3 is 2.70 bits per heavy atom. The lowest BCUT2D eigenvalue weighted by molar-refractivity contribution is -0.143. The summed E-state index contributed by atoms with van der Waals surface area (Å²) in [5.74, 6) is 0.210. The summed E-state index contributed by atoms with van der Waals surface area (Å²) in [6.45, 7) is 6.66.